The average molecular weight is 272 g/mol. The molecule has 1 rings (SSSR count). The summed E-state index contributed by atoms with van der Waals surface area (Å²) in [7, 11) is 0. The molecule has 0 spiro atoms. The molecule has 0 bridgehead atoms. The molecule has 1 aromatic rings. The van der Waals surface area contributed by atoms with E-state index in [0.717, 1.165) is 6.07 Å². The van der Waals surface area contributed by atoms with Crippen molar-refractivity contribution in [1.82, 2.24) is 0 Å². The van der Waals surface area contributed by atoms with E-state index in [9.17, 15) is 19.3 Å². The highest BCUT2D eigenvalue weighted by Crippen LogP contribution is 2.31. The number of rotatable bonds is 6. The lowest BCUT2D eigenvalue weighted by molar-refractivity contribution is -0.384. The van der Waals surface area contributed by atoms with Crippen molar-refractivity contribution in [3.8, 4) is 0 Å². The minimum Gasteiger partial charge on any atom is -0.478 e. The number of nitrogens with zero attached hydrogens (tertiary/aromatic N) is 2. The van der Waals surface area contributed by atoms with Crippen LogP contribution in [0.1, 0.15) is 17.3 Å². The third-order valence-electron chi connectivity index (χ3n) is 2.58. The summed E-state index contributed by atoms with van der Waals surface area (Å²) < 4.78 is 13.6. The van der Waals surface area contributed by atoms with E-state index in [1.807, 2.05) is 0 Å². The molecule has 0 saturated carbocycles. The molecule has 0 atom stereocenters. The number of nitro groups is 1. The Balaban J connectivity index is 3.41. The van der Waals surface area contributed by atoms with E-state index >= 15 is 0 Å². The molecule has 0 aliphatic heterocycles. The van der Waals surface area contributed by atoms with Gasteiger partial charge in [0, 0.05) is 25.2 Å². The van der Waals surface area contributed by atoms with E-state index in [2.05, 4.69) is 0 Å². The van der Waals surface area contributed by atoms with Gasteiger partial charge in [-0.2, -0.15) is 0 Å². The second-order valence-corrected chi connectivity index (χ2v) is 3.69. The van der Waals surface area contributed by atoms with Gasteiger partial charge in [-0.05, 0) is 6.92 Å². The first-order chi connectivity index (χ1) is 8.92. The molecule has 8 heteroatoms. The highest BCUT2D eigenvalue weighted by Gasteiger charge is 2.24. The Morgan fingerprint density at radius 1 is 1.53 bits per heavy atom. The molecule has 0 aliphatic carbocycles. The third kappa shape index (κ3) is 3.16. The van der Waals surface area contributed by atoms with Gasteiger partial charge in [-0.1, -0.05) is 0 Å². The van der Waals surface area contributed by atoms with Crippen LogP contribution in [0.3, 0.4) is 0 Å². The summed E-state index contributed by atoms with van der Waals surface area (Å²) in [6, 6.07) is 1.49. The standard InChI is InChI=1S/C11H13FN2O5/c1-2-13(3-4-15)9-6-8(12)7(11(16)17)5-10(9)14(18)19/h5-6,15H,2-4H2,1H3,(H,16,17). The molecule has 0 heterocycles. The van der Waals surface area contributed by atoms with Crippen molar-refractivity contribution in [2.45, 2.75) is 6.92 Å². The normalized spacial score (nSPS) is 10.3. The zero-order valence-electron chi connectivity index (χ0n) is 10.2. The van der Waals surface area contributed by atoms with E-state index in [4.69, 9.17) is 10.2 Å². The Bertz CT molecular complexity index is 506. The number of carboxylic acids is 1. The van der Waals surface area contributed by atoms with Crippen molar-refractivity contribution in [2.75, 3.05) is 24.6 Å². The summed E-state index contributed by atoms with van der Waals surface area (Å²) in [5.74, 6) is -2.62. The first-order valence-corrected chi connectivity index (χ1v) is 5.49. The van der Waals surface area contributed by atoms with Crippen LogP contribution < -0.4 is 4.90 Å². The lowest BCUT2D eigenvalue weighted by Gasteiger charge is -2.21. The summed E-state index contributed by atoms with van der Waals surface area (Å²) >= 11 is 0. The summed E-state index contributed by atoms with van der Waals surface area (Å²) in [4.78, 5) is 22.3. The van der Waals surface area contributed by atoms with Gasteiger partial charge < -0.3 is 15.1 Å². The number of anilines is 1. The van der Waals surface area contributed by atoms with E-state index in [-0.39, 0.29) is 18.8 Å². The van der Waals surface area contributed by atoms with Crippen molar-refractivity contribution in [3.05, 3.63) is 33.6 Å². The van der Waals surface area contributed by atoms with Crippen LogP contribution in [0.2, 0.25) is 0 Å². The van der Waals surface area contributed by atoms with Crippen molar-refractivity contribution >= 4 is 17.3 Å². The van der Waals surface area contributed by atoms with Crippen molar-refractivity contribution in [2.24, 2.45) is 0 Å². The summed E-state index contributed by atoms with van der Waals surface area (Å²) in [6.45, 7) is 1.83. The number of carbonyl (C=O) groups is 1. The molecule has 0 fully saturated rings. The fraction of sp³-hybridized carbons (Fsp3) is 0.364. The Morgan fingerprint density at radius 2 is 2.16 bits per heavy atom. The molecule has 2 N–H and O–H groups in total. The van der Waals surface area contributed by atoms with E-state index < -0.39 is 28.0 Å². The summed E-state index contributed by atoms with van der Waals surface area (Å²) in [6.07, 6.45) is 0. The number of likely N-dealkylation sites (N-methyl/N-ethyl adjacent to an activating group) is 1. The predicted molar refractivity (Wildman–Crippen MR) is 65.0 cm³/mol. The number of nitro benzene ring substituents is 1. The topological polar surface area (TPSA) is 104 Å². The number of hydrogen-bond acceptors (Lipinski definition) is 5. The molecule has 0 unspecified atom stereocenters. The molecule has 19 heavy (non-hydrogen) atoms. The minimum atomic E-state index is -1.57. The molecule has 104 valence electrons. The maximum Gasteiger partial charge on any atom is 0.338 e. The monoisotopic (exact) mass is 272 g/mol. The minimum absolute atomic E-state index is 0.0518. The molecular weight excluding hydrogens is 259 g/mol. The predicted octanol–water partition coefficient (Wildman–Crippen LogP) is 1.25. The highest BCUT2D eigenvalue weighted by atomic mass is 19.1. The largest absolute Gasteiger partial charge is 0.478 e. The second-order valence-electron chi connectivity index (χ2n) is 3.69. The second kappa shape index (κ2) is 6.10. The van der Waals surface area contributed by atoms with Gasteiger partial charge in [0.05, 0.1) is 11.5 Å². The molecule has 0 aliphatic rings. The molecule has 7 nitrogen and oxygen atoms in total. The number of halogens is 1. The maximum atomic E-state index is 13.6. The number of aliphatic hydroxyl groups is 1. The number of benzene rings is 1. The van der Waals surface area contributed by atoms with Gasteiger partial charge in [0.1, 0.15) is 17.1 Å². The van der Waals surface area contributed by atoms with Crippen LogP contribution in [-0.2, 0) is 0 Å². The zero-order valence-corrected chi connectivity index (χ0v) is 10.2. The molecule has 0 aromatic heterocycles. The zero-order chi connectivity index (χ0) is 14.6. The summed E-state index contributed by atoms with van der Waals surface area (Å²) in [5.41, 5.74) is -1.31. The molecular formula is C11H13FN2O5. The van der Waals surface area contributed by atoms with E-state index in [1.165, 1.54) is 4.90 Å². The van der Waals surface area contributed by atoms with E-state index in [1.54, 1.807) is 6.92 Å². The van der Waals surface area contributed by atoms with Crippen molar-refractivity contribution < 1.29 is 24.3 Å². The number of carboxylic acid groups (broad SMARTS) is 1. The van der Waals surface area contributed by atoms with Gasteiger partial charge in [0.15, 0.2) is 0 Å². The van der Waals surface area contributed by atoms with Crippen LogP contribution in [0.15, 0.2) is 12.1 Å². The molecule has 1 aromatic carbocycles. The first-order valence-electron chi connectivity index (χ1n) is 5.49. The molecule has 0 radical (unpaired) electrons. The fourth-order valence-electron chi connectivity index (χ4n) is 1.68. The number of hydrogen-bond donors (Lipinski definition) is 2. The van der Waals surface area contributed by atoms with Gasteiger partial charge in [0.2, 0.25) is 0 Å². The fourth-order valence-corrected chi connectivity index (χ4v) is 1.68. The lowest BCUT2D eigenvalue weighted by atomic mass is 10.1. The van der Waals surface area contributed by atoms with Gasteiger partial charge in [-0.15, -0.1) is 0 Å². The van der Waals surface area contributed by atoms with E-state index in [0.29, 0.717) is 12.6 Å². The van der Waals surface area contributed by atoms with Crippen LogP contribution in [0, 0.1) is 15.9 Å². The average Bonchev–Trinajstić information content (AvgIpc) is 2.34. The SMILES string of the molecule is CCN(CCO)c1cc(F)c(C(=O)O)cc1[N+](=O)[O-]. The first kappa shape index (κ1) is 14.8. The van der Waals surface area contributed by atoms with Crippen LogP contribution in [0.5, 0.6) is 0 Å². The lowest BCUT2D eigenvalue weighted by Crippen LogP contribution is -2.27. The third-order valence-corrected chi connectivity index (χ3v) is 2.58. The van der Waals surface area contributed by atoms with Crippen LogP contribution in [0.25, 0.3) is 0 Å². The maximum absolute atomic E-state index is 13.6. The molecule has 0 saturated heterocycles. The Kier molecular flexibility index (Phi) is 4.76. The van der Waals surface area contributed by atoms with Crippen LogP contribution in [0.4, 0.5) is 15.8 Å². The van der Waals surface area contributed by atoms with Crippen molar-refractivity contribution in [3.63, 3.8) is 0 Å². The Morgan fingerprint density at radius 3 is 2.58 bits per heavy atom. The van der Waals surface area contributed by atoms with Gasteiger partial charge >= 0.3 is 5.97 Å². The smallest absolute Gasteiger partial charge is 0.338 e. The summed E-state index contributed by atoms with van der Waals surface area (Å²) in [5, 5.41) is 28.6. The highest BCUT2D eigenvalue weighted by molar-refractivity contribution is 5.90. The van der Waals surface area contributed by atoms with Gasteiger partial charge in [0.25, 0.3) is 5.69 Å². The van der Waals surface area contributed by atoms with Gasteiger partial charge in [-0.3, -0.25) is 10.1 Å². The van der Waals surface area contributed by atoms with Crippen LogP contribution in [-0.4, -0.2) is 40.8 Å². The quantitative estimate of drug-likeness (QED) is 0.596. The molecule has 0 amide bonds. The number of aromatic carboxylic acids is 1. The van der Waals surface area contributed by atoms with Crippen molar-refractivity contribution in [1.29, 1.82) is 0 Å². The number of aliphatic hydroxyl groups excluding tert-OH is 1. The van der Waals surface area contributed by atoms with Crippen LogP contribution >= 0.6 is 0 Å². The Hall–Kier alpha value is -2.22. The van der Waals surface area contributed by atoms with Gasteiger partial charge in [-0.25, -0.2) is 9.18 Å². The Labute approximate surface area is 108 Å².